The van der Waals surface area contributed by atoms with Gasteiger partial charge in [0, 0.05) is 37.0 Å². The predicted molar refractivity (Wildman–Crippen MR) is 103 cm³/mol. The van der Waals surface area contributed by atoms with Gasteiger partial charge in [-0.2, -0.15) is 0 Å². The molecule has 7 heteroatoms. The van der Waals surface area contributed by atoms with Crippen molar-refractivity contribution in [3.8, 4) is 10.6 Å². The summed E-state index contributed by atoms with van der Waals surface area (Å²) in [6.07, 6.45) is 0.297. The Balaban J connectivity index is 1.50. The van der Waals surface area contributed by atoms with Gasteiger partial charge in [-0.15, -0.1) is 11.3 Å². The SMILES string of the molecule is CN(C)CCN1C[C@@H](C(=O)NCc2csc(-c3ccccc3)n2)CC1=O. The summed E-state index contributed by atoms with van der Waals surface area (Å²) in [6, 6.07) is 9.99. The molecular formula is C19H24N4O2S. The summed E-state index contributed by atoms with van der Waals surface area (Å²) in [5, 5.41) is 5.84. The summed E-state index contributed by atoms with van der Waals surface area (Å²) >= 11 is 1.57. The number of likely N-dealkylation sites (N-methyl/N-ethyl adjacent to an activating group) is 1. The molecule has 0 radical (unpaired) electrons. The fourth-order valence-corrected chi connectivity index (χ4v) is 3.73. The average Bonchev–Trinajstić information content (AvgIpc) is 3.25. The Hall–Kier alpha value is -2.25. The van der Waals surface area contributed by atoms with Gasteiger partial charge < -0.3 is 15.1 Å². The van der Waals surface area contributed by atoms with Crippen molar-refractivity contribution in [2.75, 3.05) is 33.7 Å². The number of nitrogens with one attached hydrogen (secondary N) is 1. The van der Waals surface area contributed by atoms with Gasteiger partial charge in [0.15, 0.2) is 0 Å². The molecule has 1 N–H and O–H groups in total. The van der Waals surface area contributed by atoms with Crippen LogP contribution in [0, 0.1) is 5.92 Å². The molecule has 2 amide bonds. The molecule has 0 aliphatic carbocycles. The van der Waals surface area contributed by atoms with Gasteiger partial charge in [0.25, 0.3) is 0 Å². The van der Waals surface area contributed by atoms with Crippen LogP contribution in [0.5, 0.6) is 0 Å². The van der Waals surface area contributed by atoms with Crippen LogP contribution in [-0.4, -0.2) is 60.3 Å². The van der Waals surface area contributed by atoms with Crippen molar-refractivity contribution >= 4 is 23.2 Å². The average molecular weight is 372 g/mol. The molecule has 6 nitrogen and oxygen atoms in total. The zero-order chi connectivity index (χ0) is 18.5. The van der Waals surface area contributed by atoms with Gasteiger partial charge in [-0.25, -0.2) is 4.98 Å². The topological polar surface area (TPSA) is 65.5 Å². The first kappa shape index (κ1) is 18.5. The summed E-state index contributed by atoms with van der Waals surface area (Å²) < 4.78 is 0. The molecular weight excluding hydrogens is 348 g/mol. The lowest BCUT2D eigenvalue weighted by Gasteiger charge is -2.19. The number of rotatable bonds is 7. The van der Waals surface area contributed by atoms with Gasteiger partial charge in [-0.3, -0.25) is 9.59 Å². The molecule has 2 aromatic rings. The maximum absolute atomic E-state index is 12.4. The monoisotopic (exact) mass is 372 g/mol. The molecule has 138 valence electrons. The second kappa shape index (κ2) is 8.42. The van der Waals surface area contributed by atoms with E-state index in [0.717, 1.165) is 22.8 Å². The zero-order valence-electron chi connectivity index (χ0n) is 15.1. The van der Waals surface area contributed by atoms with Crippen LogP contribution in [0.3, 0.4) is 0 Å². The van der Waals surface area contributed by atoms with Crippen molar-refractivity contribution in [3.63, 3.8) is 0 Å². The van der Waals surface area contributed by atoms with Crippen LogP contribution in [0.25, 0.3) is 10.6 Å². The van der Waals surface area contributed by atoms with E-state index in [9.17, 15) is 9.59 Å². The summed E-state index contributed by atoms with van der Waals surface area (Å²) in [6.45, 7) is 2.37. The Kier molecular flexibility index (Phi) is 6.00. The number of hydrogen-bond donors (Lipinski definition) is 1. The third-order valence-corrected chi connectivity index (χ3v) is 5.36. The van der Waals surface area contributed by atoms with E-state index in [2.05, 4.69) is 10.3 Å². The Bertz CT molecular complexity index is 760. The molecule has 1 aromatic carbocycles. The molecule has 3 rings (SSSR count). The normalized spacial score (nSPS) is 17.1. The van der Waals surface area contributed by atoms with Gasteiger partial charge in [0.1, 0.15) is 5.01 Å². The van der Waals surface area contributed by atoms with Crippen LogP contribution < -0.4 is 5.32 Å². The Morgan fingerprint density at radius 2 is 2.12 bits per heavy atom. The van der Waals surface area contributed by atoms with Gasteiger partial charge >= 0.3 is 0 Å². The molecule has 1 aliphatic rings. The van der Waals surface area contributed by atoms with Crippen LogP contribution in [0.4, 0.5) is 0 Å². The number of aromatic nitrogens is 1. The summed E-state index contributed by atoms with van der Waals surface area (Å²) in [5.41, 5.74) is 1.92. The summed E-state index contributed by atoms with van der Waals surface area (Å²) in [7, 11) is 3.95. The van der Waals surface area contributed by atoms with Crippen LogP contribution in [0.2, 0.25) is 0 Å². The lowest BCUT2D eigenvalue weighted by atomic mass is 10.1. The number of thiazole rings is 1. The molecule has 26 heavy (non-hydrogen) atoms. The number of benzene rings is 1. The molecule has 1 atom stereocenters. The second-order valence-electron chi connectivity index (χ2n) is 6.77. The van der Waals surface area contributed by atoms with Gasteiger partial charge in [-0.05, 0) is 14.1 Å². The molecule has 1 aliphatic heterocycles. The van der Waals surface area contributed by atoms with E-state index in [-0.39, 0.29) is 17.7 Å². The summed E-state index contributed by atoms with van der Waals surface area (Å²) in [4.78, 5) is 32.8. The van der Waals surface area contributed by atoms with E-state index in [0.29, 0.717) is 26.1 Å². The standard InChI is InChI=1S/C19H24N4O2S/c1-22(2)8-9-23-12-15(10-17(23)24)18(25)20-11-16-13-26-19(21-16)14-6-4-3-5-7-14/h3-7,13,15H,8-12H2,1-2H3,(H,20,25)/t15-/m0/s1. The Morgan fingerprint density at radius 1 is 1.35 bits per heavy atom. The van der Waals surface area contributed by atoms with Crippen molar-refractivity contribution in [3.05, 3.63) is 41.4 Å². The fourth-order valence-electron chi connectivity index (χ4n) is 2.91. The lowest BCUT2D eigenvalue weighted by Crippen LogP contribution is -2.35. The van der Waals surface area contributed by atoms with Crippen molar-refractivity contribution in [1.82, 2.24) is 20.1 Å². The van der Waals surface area contributed by atoms with E-state index in [1.165, 1.54) is 0 Å². The molecule has 0 saturated carbocycles. The maximum atomic E-state index is 12.4. The minimum atomic E-state index is -0.267. The first-order valence-corrected chi connectivity index (χ1v) is 9.61. The zero-order valence-corrected chi connectivity index (χ0v) is 16.0. The van der Waals surface area contributed by atoms with E-state index >= 15 is 0 Å². The Morgan fingerprint density at radius 3 is 2.85 bits per heavy atom. The smallest absolute Gasteiger partial charge is 0.225 e. The molecule has 0 bridgehead atoms. The molecule has 0 spiro atoms. The van der Waals surface area contributed by atoms with Gasteiger partial charge in [0.05, 0.1) is 18.2 Å². The third kappa shape index (κ3) is 4.68. The van der Waals surface area contributed by atoms with Crippen molar-refractivity contribution in [2.24, 2.45) is 5.92 Å². The molecule has 1 aromatic heterocycles. The number of carbonyl (C=O) groups is 2. The third-order valence-electron chi connectivity index (χ3n) is 4.42. The van der Waals surface area contributed by atoms with E-state index in [1.807, 2.05) is 54.7 Å². The van der Waals surface area contributed by atoms with Crippen LogP contribution in [0.1, 0.15) is 12.1 Å². The minimum Gasteiger partial charge on any atom is -0.350 e. The number of likely N-dealkylation sites (tertiary alicyclic amines) is 1. The first-order chi connectivity index (χ1) is 12.5. The number of amides is 2. The second-order valence-corrected chi connectivity index (χ2v) is 7.63. The van der Waals surface area contributed by atoms with Crippen LogP contribution in [0.15, 0.2) is 35.7 Å². The number of nitrogens with zero attached hydrogens (tertiary/aromatic N) is 3. The first-order valence-electron chi connectivity index (χ1n) is 8.73. The quantitative estimate of drug-likeness (QED) is 0.805. The highest BCUT2D eigenvalue weighted by Crippen LogP contribution is 2.23. The minimum absolute atomic E-state index is 0.0621. The van der Waals surface area contributed by atoms with Gasteiger partial charge in [0.2, 0.25) is 11.8 Å². The Labute approximate surface area is 157 Å². The molecule has 1 saturated heterocycles. The van der Waals surface area contributed by atoms with Crippen LogP contribution in [-0.2, 0) is 16.1 Å². The predicted octanol–water partition coefficient (Wildman–Crippen LogP) is 1.84. The highest BCUT2D eigenvalue weighted by molar-refractivity contribution is 7.13. The molecule has 0 unspecified atom stereocenters. The highest BCUT2D eigenvalue weighted by atomic mass is 32.1. The molecule has 2 heterocycles. The van der Waals surface area contributed by atoms with Crippen molar-refractivity contribution in [2.45, 2.75) is 13.0 Å². The van der Waals surface area contributed by atoms with E-state index in [1.54, 1.807) is 16.2 Å². The van der Waals surface area contributed by atoms with E-state index in [4.69, 9.17) is 0 Å². The lowest BCUT2D eigenvalue weighted by molar-refractivity contribution is -0.129. The van der Waals surface area contributed by atoms with Crippen LogP contribution >= 0.6 is 11.3 Å². The summed E-state index contributed by atoms with van der Waals surface area (Å²) in [5.74, 6) is -0.274. The van der Waals surface area contributed by atoms with Crippen molar-refractivity contribution < 1.29 is 9.59 Å². The van der Waals surface area contributed by atoms with E-state index < -0.39 is 0 Å². The van der Waals surface area contributed by atoms with Gasteiger partial charge in [-0.1, -0.05) is 30.3 Å². The fraction of sp³-hybridized carbons (Fsp3) is 0.421. The number of carbonyl (C=O) groups excluding carboxylic acids is 2. The highest BCUT2D eigenvalue weighted by Gasteiger charge is 2.33. The maximum Gasteiger partial charge on any atom is 0.225 e. The number of hydrogen-bond acceptors (Lipinski definition) is 5. The molecule has 1 fully saturated rings. The van der Waals surface area contributed by atoms with Crippen molar-refractivity contribution in [1.29, 1.82) is 0 Å². The largest absolute Gasteiger partial charge is 0.350 e.